The number of ketones is 1. The van der Waals surface area contributed by atoms with Crippen molar-refractivity contribution in [3.63, 3.8) is 0 Å². The van der Waals surface area contributed by atoms with Crippen LogP contribution < -0.4 is 0 Å². The van der Waals surface area contributed by atoms with Gasteiger partial charge in [0, 0.05) is 6.42 Å². The van der Waals surface area contributed by atoms with Gasteiger partial charge in [0.1, 0.15) is 6.61 Å². The van der Waals surface area contributed by atoms with Gasteiger partial charge in [-0.3, -0.25) is 4.79 Å². The molecular weight excluding hydrogens is 188 g/mol. The molecule has 1 heterocycles. The molecule has 2 nitrogen and oxygen atoms in total. The van der Waals surface area contributed by atoms with Gasteiger partial charge in [-0.15, -0.1) is 0 Å². The van der Waals surface area contributed by atoms with E-state index in [1.807, 2.05) is 25.2 Å². The van der Waals surface area contributed by atoms with E-state index in [1.165, 1.54) is 0 Å². The van der Waals surface area contributed by atoms with E-state index < -0.39 is 0 Å². The number of hydrogen-bond acceptors (Lipinski definition) is 2. The van der Waals surface area contributed by atoms with Crippen molar-refractivity contribution in [3.05, 3.63) is 36.6 Å². The fourth-order valence-electron chi connectivity index (χ4n) is 0.966. The van der Waals surface area contributed by atoms with E-state index in [0.717, 1.165) is 19.4 Å². The fourth-order valence-corrected chi connectivity index (χ4v) is 0.966. The SMILES string of the molecule is C1=CCOC=C1.CC=CC(=O)CCCC. The van der Waals surface area contributed by atoms with Crippen LogP contribution in [0.15, 0.2) is 36.6 Å². The van der Waals surface area contributed by atoms with Gasteiger partial charge in [-0.05, 0) is 31.6 Å². The summed E-state index contributed by atoms with van der Waals surface area (Å²) in [6, 6.07) is 0. The molecule has 0 bridgehead atoms. The second-order valence-corrected chi connectivity index (χ2v) is 3.16. The Hall–Kier alpha value is -1.31. The van der Waals surface area contributed by atoms with Crippen LogP contribution in [-0.4, -0.2) is 12.4 Å². The van der Waals surface area contributed by atoms with Crippen LogP contribution in [0.4, 0.5) is 0 Å². The van der Waals surface area contributed by atoms with Gasteiger partial charge >= 0.3 is 0 Å². The zero-order valence-electron chi connectivity index (χ0n) is 9.61. The third-order valence-electron chi connectivity index (χ3n) is 1.74. The minimum atomic E-state index is 0.249. The molecule has 15 heavy (non-hydrogen) atoms. The first kappa shape index (κ1) is 13.7. The lowest BCUT2D eigenvalue weighted by molar-refractivity contribution is -0.114. The quantitative estimate of drug-likeness (QED) is 0.662. The predicted octanol–water partition coefficient (Wildman–Crippen LogP) is 3.41. The molecular formula is C13H20O2. The van der Waals surface area contributed by atoms with E-state index >= 15 is 0 Å². The van der Waals surface area contributed by atoms with E-state index in [0.29, 0.717) is 6.42 Å². The Kier molecular flexibility index (Phi) is 9.83. The maximum atomic E-state index is 10.7. The third-order valence-corrected chi connectivity index (χ3v) is 1.74. The monoisotopic (exact) mass is 208 g/mol. The zero-order chi connectivity index (χ0) is 11.4. The third kappa shape index (κ3) is 10.6. The van der Waals surface area contributed by atoms with Gasteiger partial charge in [-0.1, -0.05) is 25.5 Å². The van der Waals surface area contributed by atoms with E-state index in [9.17, 15) is 4.79 Å². The molecule has 0 fully saturated rings. The van der Waals surface area contributed by atoms with Crippen LogP contribution in [0.1, 0.15) is 33.1 Å². The molecule has 1 aliphatic heterocycles. The molecule has 0 saturated heterocycles. The second kappa shape index (κ2) is 10.8. The van der Waals surface area contributed by atoms with Crippen molar-refractivity contribution in [3.8, 4) is 0 Å². The van der Waals surface area contributed by atoms with Crippen molar-refractivity contribution in [1.82, 2.24) is 0 Å². The number of hydrogen-bond donors (Lipinski definition) is 0. The molecule has 1 aliphatic rings. The van der Waals surface area contributed by atoms with Gasteiger partial charge < -0.3 is 4.74 Å². The summed E-state index contributed by atoms with van der Waals surface area (Å²) in [5.41, 5.74) is 0. The number of unbranched alkanes of at least 4 members (excludes halogenated alkanes) is 1. The average molecular weight is 208 g/mol. The first-order valence-electron chi connectivity index (χ1n) is 5.40. The van der Waals surface area contributed by atoms with Crippen LogP contribution in [0.2, 0.25) is 0 Å². The molecule has 0 amide bonds. The summed E-state index contributed by atoms with van der Waals surface area (Å²) in [6.45, 7) is 4.68. The molecule has 0 radical (unpaired) electrons. The summed E-state index contributed by atoms with van der Waals surface area (Å²) in [4.78, 5) is 10.7. The summed E-state index contributed by atoms with van der Waals surface area (Å²) in [5, 5.41) is 0. The topological polar surface area (TPSA) is 26.3 Å². The molecule has 0 aromatic heterocycles. The van der Waals surface area contributed by atoms with Crippen molar-refractivity contribution in [2.75, 3.05) is 6.61 Å². The molecule has 0 aliphatic carbocycles. The maximum Gasteiger partial charge on any atom is 0.155 e. The molecule has 0 aromatic carbocycles. The molecule has 0 N–H and O–H groups in total. The van der Waals surface area contributed by atoms with E-state index in [1.54, 1.807) is 18.4 Å². The minimum absolute atomic E-state index is 0.249. The number of rotatable bonds is 4. The Morgan fingerprint density at radius 2 is 2.27 bits per heavy atom. The zero-order valence-corrected chi connectivity index (χ0v) is 9.61. The van der Waals surface area contributed by atoms with Gasteiger partial charge in [0.25, 0.3) is 0 Å². The summed E-state index contributed by atoms with van der Waals surface area (Å²) in [6.07, 6.45) is 13.7. The molecule has 84 valence electrons. The lowest BCUT2D eigenvalue weighted by atomic mass is 10.2. The van der Waals surface area contributed by atoms with Crippen molar-refractivity contribution in [1.29, 1.82) is 0 Å². The van der Waals surface area contributed by atoms with Gasteiger partial charge in [-0.25, -0.2) is 0 Å². The Bertz CT molecular complexity index is 225. The highest BCUT2D eigenvalue weighted by Crippen LogP contribution is 1.95. The maximum absolute atomic E-state index is 10.7. The van der Waals surface area contributed by atoms with Crippen molar-refractivity contribution in [2.24, 2.45) is 0 Å². The lowest BCUT2D eigenvalue weighted by Gasteiger charge is -1.94. The summed E-state index contributed by atoms with van der Waals surface area (Å²) >= 11 is 0. The van der Waals surface area contributed by atoms with Gasteiger partial charge in [0.05, 0.1) is 6.26 Å². The minimum Gasteiger partial charge on any atom is -0.497 e. The molecule has 0 atom stereocenters. The standard InChI is InChI=1S/C8H14O.C5H6O/c1-3-5-7-8(9)6-4-2;1-2-4-6-5-3-1/h4,6H,3,5,7H2,1-2H3;1-4H,5H2. The normalized spacial score (nSPS) is 13.2. The highest BCUT2D eigenvalue weighted by Gasteiger charge is 1.91. The highest BCUT2D eigenvalue weighted by molar-refractivity contribution is 5.89. The van der Waals surface area contributed by atoms with Crippen molar-refractivity contribution >= 4 is 5.78 Å². The van der Waals surface area contributed by atoms with E-state index in [-0.39, 0.29) is 5.78 Å². The number of carbonyl (C=O) groups is 1. The number of ether oxygens (including phenoxy) is 1. The van der Waals surface area contributed by atoms with Crippen LogP contribution in [-0.2, 0) is 9.53 Å². The lowest BCUT2D eigenvalue weighted by Crippen LogP contribution is -1.90. The van der Waals surface area contributed by atoms with E-state index in [2.05, 4.69) is 6.92 Å². The van der Waals surface area contributed by atoms with Gasteiger partial charge in [0.15, 0.2) is 5.78 Å². The Morgan fingerprint density at radius 3 is 2.60 bits per heavy atom. The number of carbonyl (C=O) groups excluding carboxylic acids is 1. The second-order valence-electron chi connectivity index (χ2n) is 3.16. The molecule has 2 heteroatoms. The first-order valence-corrected chi connectivity index (χ1v) is 5.40. The largest absolute Gasteiger partial charge is 0.497 e. The van der Waals surface area contributed by atoms with Crippen LogP contribution >= 0.6 is 0 Å². The molecule has 1 rings (SSSR count). The predicted molar refractivity (Wildman–Crippen MR) is 63.6 cm³/mol. The smallest absolute Gasteiger partial charge is 0.155 e. The first-order chi connectivity index (χ1) is 7.31. The van der Waals surface area contributed by atoms with Crippen LogP contribution in [0.5, 0.6) is 0 Å². The summed E-state index contributed by atoms with van der Waals surface area (Å²) in [5.74, 6) is 0.249. The van der Waals surface area contributed by atoms with Crippen LogP contribution in [0, 0.1) is 0 Å². The van der Waals surface area contributed by atoms with Crippen molar-refractivity contribution < 1.29 is 9.53 Å². The van der Waals surface area contributed by atoms with Crippen LogP contribution in [0.25, 0.3) is 0 Å². The summed E-state index contributed by atoms with van der Waals surface area (Å²) < 4.78 is 4.80. The summed E-state index contributed by atoms with van der Waals surface area (Å²) in [7, 11) is 0. The molecule has 0 spiro atoms. The van der Waals surface area contributed by atoms with Gasteiger partial charge in [-0.2, -0.15) is 0 Å². The van der Waals surface area contributed by atoms with Gasteiger partial charge in [0.2, 0.25) is 0 Å². The molecule has 0 unspecified atom stereocenters. The van der Waals surface area contributed by atoms with Crippen LogP contribution in [0.3, 0.4) is 0 Å². The van der Waals surface area contributed by atoms with Crippen molar-refractivity contribution in [2.45, 2.75) is 33.1 Å². The average Bonchev–Trinajstić information content (AvgIpc) is 2.30. The highest BCUT2D eigenvalue weighted by atomic mass is 16.5. The molecule has 0 saturated carbocycles. The number of allylic oxidation sites excluding steroid dienone is 4. The Morgan fingerprint density at radius 1 is 1.47 bits per heavy atom. The fraction of sp³-hybridized carbons (Fsp3) is 0.462. The Labute approximate surface area is 92.3 Å². The molecule has 0 aromatic rings. The Balaban J connectivity index is 0.000000280. The van der Waals surface area contributed by atoms with E-state index in [4.69, 9.17) is 4.74 Å².